The van der Waals surface area contributed by atoms with Gasteiger partial charge in [-0.2, -0.15) is 0 Å². The molecule has 23 heavy (non-hydrogen) atoms. The minimum Gasteiger partial charge on any atom is -0.465 e. The highest BCUT2D eigenvalue weighted by Gasteiger charge is 2.16. The molecule has 7 heteroatoms. The standard InChI is InChI=1S/C16H15N3O3S/c1-22-15(21)13-10-6-5-9-12(13)14(20)18-19-16(23)17-11-7-3-2-4-8-11/h2-10H,1H3,(H,18,20)(H2,17,19,23). The maximum atomic E-state index is 12.2. The van der Waals surface area contributed by atoms with Crippen molar-refractivity contribution in [3.8, 4) is 0 Å². The molecular weight excluding hydrogens is 314 g/mol. The summed E-state index contributed by atoms with van der Waals surface area (Å²) < 4.78 is 4.65. The predicted molar refractivity (Wildman–Crippen MR) is 91.0 cm³/mol. The van der Waals surface area contributed by atoms with E-state index in [9.17, 15) is 9.59 Å². The maximum Gasteiger partial charge on any atom is 0.338 e. The van der Waals surface area contributed by atoms with Gasteiger partial charge < -0.3 is 10.1 Å². The number of thiocarbonyl (C=S) groups is 1. The SMILES string of the molecule is COC(=O)c1ccccc1C(=O)NNC(=S)Nc1ccccc1. The number of hydrogen-bond acceptors (Lipinski definition) is 4. The fourth-order valence-corrected chi connectivity index (χ4v) is 2.00. The minimum absolute atomic E-state index is 0.177. The number of ether oxygens (including phenoxy) is 1. The normalized spacial score (nSPS) is 9.61. The Kier molecular flexibility index (Phi) is 5.65. The number of benzene rings is 2. The molecule has 118 valence electrons. The van der Waals surface area contributed by atoms with Gasteiger partial charge in [0.05, 0.1) is 18.2 Å². The first kappa shape index (κ1) is 16.4. The summed E-state index contributed by atoms with van der Waals surface area (Å²) >= 11 is 5.08. The average Bonchev–Trinajstić information content (AvgIpc) is 2.60. The highest BCUT2D eigenvalue weighted by Crippen LogP contribution is 2.10. The van der Waals surface area contributed by atoms with Crippen molar-refractivity contribution in [1.29, 1.82) is 0 Å². The van der Waals surface area contributed by atoms with Gasteiger partial charge in [-0.25, -0.2) is 4.79 Å². The Morgan fingerprint density at radius 1 is 0.913 bits per heavy atom. The fraction of sp³-hybridized carbons (Fsp3) is 0.0625. The summed E-state index contributed by atoms with van der Waals surface area (Å²) in [5.41, 5.74) is 6.17. The van der Waals surface area contributed by atoms with Gasteiger partial charge in [0.2, 0.25) is 0 Å². The van der Waals surface area contributed by atoms with Gasteiger partial charge in [-0.05, 0) is 36.5 Å². The van der Waals surface area contributed by atoms with Crippen LogP contribution in [0.1, 0.15) is 20.7 Å². The Labute approximate surface area is 138 Å². The van der Waals surface area contributed by atoms with E-state index in [-0.39, 0.29) is 16.2 Å². The van der Waals surface area contributed by atoms with Crippen LogP contribution in [0, 0.1) is 0 Å². The van der Waals surface area contributed by atoms with E-state index in [1.807, 2.05) is 30.3 Å². The van der Waals surface area contributed by atoms with E-state index < -0.39 is 11.9 Å². The lowest BCUT2D eigenvalue weighted by Gasteiger charge is -2.12. The molecule has 1 amide bonds. The number of nitrogens with one attached hydrogen (secondary N) is 3. The largest absolute Gasteiger partial charge is 0.465 e. The summed E-state index contributed by atoms with van der Waals surface area (Å²) in [5, 5.41) is 3.13. The highest BCUT2D eigenvalue weighted by molar-refractivity contribution is 7.80. The zero-order valence-electron chi connectivity index (χ0n) is 12.3. The zero-order chi connectivity index (χ0) is 16.7. The fourth-order valence-electron chi connectivity index (χ4n) is 1.83. The molecule has 2 aromatic rings. The second-order valence-electron chi connectivity index (χ2n) is 4.44. The summed E-state index contributed by atoms with van der Waals surface area (Å²) in [5.74, 6) is -1.08. The van der Waals surface area contributed by atoms with Gasteiger partial charge in [0.25, 0.3) is 5.91 Å². The second kappa shape index (κ2) is 7.90. The molecule has 0 spiro atoms. The van der Waals surface area contributed by atoms with Crippen molar-refractivity contribution < 1.29 is 14.3 Å². The Morgan fingerprint density at radius 3 is 2.17 bits per heavy atom. The molecule has 0 aliphatic carbocycles. The van der Waals surface area contributed by atoms with Crippen LogP contribution in [0.2, 0.25) is 0 Å². The van der Waals surface area contributed by atoms with Crippen molar-refractivity contribution in [1.82, 2.24) is 10.9 Å². The Balaban J connectivity index is 1.97. The van der Waals surface area contributed by atoms with Crippen LogP contribution in [0.15, 0.2) is 54.6 Å². The number of para-hydroxylation sites is 1. The average molecular weight is 329 g/mol. The van der Waals surface area contributed by atoms with Gasteiger partial charge in [-0.15, -0.1) is 0 Å². The second-order valence-corrected chi connectivity index (χ2v) is 4.84. The van der Waals surface area contributed by atoms with Gasteiger partial charge in [0, 0.05) is 5.69 Å². The number of carbonyl (C=O) groups is 2. The molecule has 2 rings (SSSR count). The smallest absolute Gasteiger partial charge is 0.338 e. The molecule has 0 aliphatic rings. The van der Waals surface area contributed by atoms with E-state index >= 15 is 0 Å². The first-order valence-electron chi connectivity index (χ1n) is 6.71. The van der Waals surface area contributed by atoms with E-state index in [4.69, 9.17) is 12.2 Å². The van der Waals surface area contributed by atoms with Crippen LogP contribution in [0.3, 0.4) is 0 Å². The number of anilines is 1. The van der Waals surface area contributed by atoms with Gasteiger partial charge in [0.15, 0.2) is 5.11 Å². The molecule has 6 nitrogen and oxygen atoms in total. The molecule has 0 heterocycles. The molecule has 0 unspecified atom stereocenters. The molecule has 2 aromatic carbocycles. The zero-order valence-corrected chi connectivity index (χ0v) is 13.1. The minimum atomic E-state index is -0.583. The summed E-state index contributed by atoms with van der Waals surface area (Å²) in [6.45, 7) is 0. The molecule has 0 saturated heterocycles. The van der Waals surface area contributed by atoms with Gasteiger partial charge >= 0.3 is 5.97 Å². The number of methoxy groups -OCH3 is 1. The number of carbonyl (C=O) groups excluding carboxylic acids is 2. The van der Waals surface area contributed by atoms with E-state index in [0.717, 1.165) is 5.69 Å². The van der Waals surface area contributed by atoms with Crippen molar-refractivity contribution >= 4 is 34.9 Å². The monoisotopic (exact) mass is 329 g/mol. The maximum absolute atomic E-state index is 12.2. The molecule has 3 N–H and O–H groups in total. The third kappa shape index (κ3) is 4.52. The van der Waals surface area contributed by atoms with Crippen LogP contribution in [0.4, 0.5) is 5.69 Å². The van der Waals surface area contributed by atoms with E-state index in [1.165, 1.54) is 19.2 Å². The van der Waals surface area contributed by atoms with Crippen LogP contribution in [0.25, 0.3) is 0 Å². The topological polar surface area (TPSA) is 79.5 Å². The van der Waals surface area contributed by atoms with Gasteiger partial charge in [-0.3, -0.25) is 15.6 Å². The van der Waals surface area contributed by atoms with Gasteiger partial charge in [-0.1, -0.05) is 30.3 Å². The molecule has 0 aliphatic heterocycles. The highest BCUT2D eigenvalue weighted by atomic mass is 32.1. The van der Waals surface area contributed by atoms with Crippen molar-refractivity contribution in [2.24, 2.45) is 0 Å². The Morgan fingerprint density at radius 2 is 1.52 bits per heavy atom. The van der Waals surface area contributed by atoms with Crippen LogP contribution in [0.5, 0.6) is 0 Å². The van der Waals surface area contributed by atoms with E-state index in [1.54, 1.807) is 12.1 Å². The van der Waals surface area contributed by atoms with Crippen LogP contribution in [-0.4, -0.2) is 24.1 Å². The Bertz CT molecular complexity index is 720. The third-order valence-corrected chi connectivity index (χ3v) is 3.10. The summed E-state index contributed by atoms with van der Waals surface area (Å²) in [6, 6.07) is 15.6. The number of amides is 1. The van der Waals surface area contributed by atoms with Crippen molar-refractivity contribution in [2.45, 2.75) is 0 Å². The number of hydrogen-bond donors (Lipinski definition) is 3. The molecule has 0 atom stereocenters. The lowest BCUT2D eigenvalue weighted by atomic mass is 10.1. The number of rotatable bonds is 3. The summed E-state index contributed by atoms with van der Waals surface area (Å²) in [6.07, 6.45) is 0. The Hall–Kier alpha value is -2.93. The molecule has 0 saturated carbocycles. The first-order chi connectivity index (χ1) is 11.1. The predicted octanol–water partition coefficient (Wildman–Crippen LogP) is 2.10. The third-order valence-electron chi connectivity index (χ3n) is 2.90. The summed E-state index contributed by atoms with van der Waals surface area (Å²) in [4.78, 5) is 23.8. The molecular formula is C16H15N3O3S. The van der Waals surface area contributed by atoms with Crippen molar-refractivity contribution in [2.75, 3.05) is 12.4 Å². The van der Waals surface area contributed by atoms with Crippen LogP contribution >= 0.6 is 12.2 Å². The first-order valence-corrected chi connectivity index (χ1v) is 7.12. The number of hydrazine groups is 1. The number of esters is 1. The molecule has 0 radical (unpaired) electrons. The van der Waals surface area contributed by atoms with E-state index in [2.05, 4.69) is 20.9 Å². The van der Waals surface area contributed by atoms with Crippen molar-refractivity contribution in [3.63, 3.8) is 0 Å². The quantitative estimate of drug-likeness (QED) is 0.455. The van der Waals surface area contributed by atoms with Crippen LogP contribution < -0.4 is 16.2 Å². The molecule has 0 aromatic heterocycles. The lowest BCUT2D eigenvalue weighted by molar-refractivity contribution is 0.0596. The lowest BCUT2D eigenvalue weighted by Crippen LogP contribution is -2.44. The van der Waals surface area contributed by atoms with Crippen molar-refractivity contribution in [3.05, 3.63) is 65.7 Å². The summed E-state index contributed by atoms with van der Waals surface area (Å²) in [7, 11) is 1.26. The van der Waals surface area contributed by atoms with Crippen LogP contribution in [-0.2, 0) is 4.74 Å². The van der Waals surface area contributed by atoms with Gasteiger partial charge in [0.1, 0.15) is 0 Å². The molecule has 0 bridgehead atoms. The van der Waals surface area contributed by atoms with E-state index in [0.29, 0.717) is 0 Å². The molecule has 0 fully saturated rings.